The van der Waals surface area contributed by atoms with Gasteiger partial charge in [0.25, 0.3) is 0 Å². The number of hydrogen-bond donors (Lipinski definition) is 0. The molecule has 0 aliphatic carbocycles. The Morgan fingerprint density at radius 3 is 0.783 bits per heavy atom. The summed E-state index contributed by atoms with van der Waals surface area (Å²) in [7, 11) is 0. The van der Waals surface area contributed by atoms with Crippen molar-refractivity contribution in [3.63, 3.8) is 0 Å². The van der Waals surface area contributed by atoms with E-state index in [1.165, 1.54) is 0 Å². The van der Waals surface area contributed by atoms with Crippen molar-refractivity contribution in [1.82, 2.24) is 19.6 Å². The number of piperidine rings is 3. The zero-order chi connectivity index (χ0) is 35.3. The molecule has 3 saturated heterocycles. The molecule has 3 fully saturated rings. The molecule has 266 valence electrons. The summed E-state index contributed by atoms with van der Waals surface area (Å²) < 4.78 is 16.7. The number of likely N-dealkylation sites (tertiary alicyclic amines) is 3. The molecule has 0 saturated carbocycles. The standard InChI is InChI=1S/C36H66N4O6/c1-16-44-28(41)38-31(4,5)19-25(20-32(38,6)7)37(26-21-33(8,9)39(29(42)45-17-2)34(10,11)22-26)27-23-35(12,13)40(30(43)46-18-3)36(14,15)24-27/h25-27H,16-24H2,1-15H3. The van der Waals surface area contributed by atoms with Crippen LogP contribution in [-0.4, -0.2) is 109 Å². The summed E-state index contributed by atoms with van der Waals surface area (Å²) in [4.78, 5) is 48.7. The Bertz CT molecular complexity index is 938. The second-order valence-electron chi connectivity index (χ2n) is 17.6. The van der Waals surface area contributed by atoms with Crippen molar-refractivity contribution < 1.29 is 28.6 Å². The van der Waals surface area contributed by atoms with Gasteiger partial charge in [-0.15, -0.1) is 0 Å². The molecular weight excluding hydrogens is 584 g/mol. The van der Waals surface area contributed by atoms with Gasteiger partial charge in [-0.3, -0.25) is 19.6 Å². The van der Waals surface area contributed by atoms with E-state index in [-0.39, 0.29) is 36.4 Å². The third-order valence-corrected chi connectivity index (χ3v) is 10.7. The molecule has 0 bridgehead atoms. The average Bonchev–Trinajstić information content (AvgIpc) is 2.79. The van der Waals surface area contributed by atoms with Crippen LogP contribution >= 0.6 is 0 Å². The van der Waals surface area contributed by atoms with Crippen LogP contribution in [-0.2, 0) is 14.2 Å². The van der Waals surface area contributed by atoms with Gasteiger partial charge in [0.15, 0.2) is 0 Å². The lowest BCUT2D eigenvalue weighted by Gasteiger charge is -2.64. The third kappa shape index (κ3) is 7.41. The van der Waals surface area contributed by atoms with E-state index < -0.39 is 33.2 Å². The van der Waals surface area contributed by atoms with Gasteiger partial charge in [0.1, 0.15) is 0 Å². The molecule has 10 heteroatoms. The molecule has 0 N–H and O–H groups in total. The van der Waals surface area contributed by atoms with Crippen LogP contribution in [0.1, 0.15) is 142 Å². The Morgan fingerprint density at radius 1 is 0.457 bits per heavy atom. The summed E-state index contributed by atoms with van der Waals surface area (Å²) in [6, 6.07) is 0.478. The molecule has 3 heterocycles. The third-order valence-electron chi connectivity index (χ3n) is 10.7. The summed E-state index contributed by atoms with van der Waals surface area (Å²) in [5.41, 5.74) is -2.72. The minimum Gasteiger partial charge on any atom is -0.450 e. The molecular formula is C36H66N4O6. The molecule has 0 aromatic heterocycles. The highest BCUT2D eigenvalue weighted by Crippen LogP contribution is 2.50. The second kappa shape index (κ2) is 13.0. The lowest BCUT2D eigenvalue weighted by Crippen LogP contribution is -2.73. The summed E-state index contributed by atoms with van der Waals surface area (Å²) >= 11 is 0. The fraction of sp³-hybridized carbons (Fsp3) is 0.917. The first kappa shape index (κ1) is 38.2. The lowest BCUT2D eigenvalue weighted by atomic mass is 9.70. The molecule has 3 amide bonds. The van der Waals surface area contributed by atoms with Crippen LogP contribution in [0.5, 0.6) is 0 Å². The van der Waals surface area contributed by atoms with Gasteiger partial charge < -0.3 is 14.2 Å². The molecule has 46 heavy (non-hydrogen) atoms. The van der Waals surface area contributed by atoms with E-state index in [0.717, 1.165) is 38.5 Å². The van der Waals surface area contributed by atoms with Gasteiger partial charge in [0.05, 0.1) is 19.8 Å². The fourth-order valence-corrected chi connectivity index (χ4v) is 10.3. The van der Waals surface area contributed by atoms with Gasteiger partial charge in [-0.1, -0.05) is 0 Å². The SMILES string of the molecule is CCOC(=O)N1C(C)(C)CC(N(C2CC(C)(C)N(C(=O)OCC)C(C)(C)C2)C2CC(C)(C)N(C(=O)OCC)C(C)(C)C2)CC1(C)C. The molecule has 0 unspecified atom stereocenters. The monoisotopic (exact) mass is 650 g/mol. The van der Waals surface area contributed by atoms with E-state index in [1.807, 2.05) is 35.5 Å². The van der Waals surface area contributed by atoms with Crippen LogP contribution in [0, 0.1) is 0 Å². The Balaban J connectivity index is 2.14. The quantitative estimate of drug-likeness (QED) is 0.271. The molecule has 3 rings (SSSR count). The van der Waals surface area contributed by atoms with E-state index in [1.54, 1.807) is 0 Å². The predicted molar refractivity (Wildman–Crippen MR) is 182 cm³/mol. The molecule has 0 aromatic carbocycles. The Kier molecular flexibility index (Phi) is 10.8. The molecule has 0 aromatic rings. The molecule has 0 atom stereocenters. The number of hydrogen-bond acceptors (Lipinski definition) is 7. The van der Waals surface area contributed by atoms with Crippen molar-refractivity contribution in [3.05, 3.63) is 0 Å². The molecule has 0 spiro atoms. The highest BCUT2D eigenvalue weighted by molar-refractivity contribution is 5.71. The average molecular weight is 651 g/mol. The predicted octanol–water partition coefficient (Wildman–Crippen LogP) is 7.82. The van der Waals surface area contributed by atoms with Crippen molar-refractivity contribution in [2.75, 3.05) is 19.8 Å². The van der Waals surface area contributed by atoms with Crippen LogP contribution < -0.4 is 0 Å². The van der Waals surface area contributed by atoms with E-state index in [4.69, 9.17) is 14.2 Å². The molecule has 10 nitrogen and oxygen atoms in total. The van der Waals surface area contributed by atoms with Crippen molar-refractivity contribution in [2.24, 2.45) is 0 Å². The Labute approximate surface area is 279 Å². The normalized spacial score (nSPS) is 25.7. The van der Waals surface area contributed by atoms with E-state index in [9.17, 15) is 14.4 Å². The topological polar surface area (TPSA) is 91.9 Å². The minimum atomic E-state index is -0.454. The van der Waals surface area contributed by atoms with Gasteiger partial charge in [-0.2, -0.15) is 0 Å². The minimum absolute atomic E-state index is 0.159. The van der Waals surface area contributed by atoms with Gasteiger partial charge in [0, 0.05) is 51.4 Å². The number of carbonyl (C=O) groups is 3. The van der Waals surface area contributed by atoms with E-state index in [2.05, 4.69) is 88.0 Å². The second-order valence-corrected chi connectivity index (χ2v) is 17.6. The highest BCUT2D eigenvalue weighted by Gasteiger charge is 2.58. The van der Waals surface area contributed by atoms with Gasteiger partial charge in [-0.25, -0.2) is 14.4 Å². The van der Waals surface area contributed by atoms with Crippen molar-refractivity contribution in [2.45, 2.75) is 194 Å². The van der Waals surface area contributed by atoms with Crippen LogP contribution in [0.4, 0.5) is 14.4 Å². The largest absolute Gasteiger partial charge is 0.450 e. The summed E-state index contributed by atoms with van der Waals surface area (Å²) in [6.45, 7) is 32.5. The maximum atomic E-state index is 13.3. The van der Waals surface area contributed by atoms with Gasteiger partial charge in [0.2, 0.25) is 0 Å². The maximum absolute atomic E-state index is 13.3. The number of ether oxygens (including phenoxy) is 3. The zero-order valence-electron chi connectivity index (χ0n) is 31.8. The van der Waals surface area contributed by atoms with Gasteiger partial charge in [-0.05, 0) is 142 Å². The van der Waals surface area contributed by atoms with Crippen molar-refractivity contribution in [3.8, 4) is 0 Å². The maximum Gasteiger partial charge on any atom is 0.410 e. The summed E-state index contributed by atoms with van der Waals surface area (Å²) in [5.74, 6) is 0. The van der Waals surface area contributed by atoms with Crippen LogP contribution in [0.15, 0.2) is 0 Å². The lowest BCUT2D eigenvalue weighted by molar-refractivity contribution is -0.128. The van der Waals surface area contributed by atoms with E-state index in [0.29, 0.717) is 19.8 Å². The number of rotatable bonds is 6. The fourth-order valence-electron chi connectivity index (χ4n) is 10.3. The van der Waals surface area contributed by atoms with Crippen LogP contribution in [0.25, 0.3) is 0 Å². The highest BCUT2D eigenvalue weighted by atomic mass is 16.6. The number of nitrogens with zero attached hydrogens (tertiary/aromatic N) is 4. The van der Waals surface area contributed by atoms with Crippen LogP contribution in [0.2, 0.25) is 0 Å². The first-order valence-electron chi connectivity index (χ1n) is 17.6. The summed E-state index contributed by atoms with van der Waals surface area (Å²) in [6.07, 6.45) is 3.91. The zero-order valence-corrected chi connectivity index (χ0v) is 31.8. The molecule has 3 aliphatic rings. The van der Waals surface area contributed by atoms with E-state index >= 15 is 0 Å². The number of carbonyl (C=O) groups excluding carboxylic acids is 3. The Morgan fingerprint density at radius 2 is 0.630 bits per heavy atom. The van der Waals surface area contributed by atoms with Crippen molar-refractivity contribution >= 4 is 18.3 Å². The first-order valence-corrected chi connectivity index (χ1v) is 17.6. The number of amides is 3. The smallest absolute Gasteiger partial charge is 0.410 e. The van der Waals surface area contributed by atoms with Crippen LogP contribution in [0.3, 0.4) is 0 Å². The van der Waals surface area contributed by atoms with Crippen molar-refractivity contribution in [1.29, 1.82) is 0 Å². The molecule has 3 aliphatic heterocycles. The molecule has 0 radical (unpaired) electrons. The van der Waals surface area contributed by atoms with Gasteiger partial charge >= 0.3 is 18.3 Å². The summed E-state index contributed by atoms with van der Waals surface area (Å²) in [5, 5.41) is 0. The first-order chi connectivity index (χ1) is 20.9. The Hall–Kier alpha value is -2.23.